The van der Waals surface area contributed by atoms with Gasteiger partial charge in [-0.3, -0.25) is 0 Å². The van der Waals surface area contributed by atoms with Crippen LogP contribution in [0.3, 0.4) is 0 Å². The molecule has 0 aliphatic carbocycles. The molecule has 0 saturated heterocycles. The molecule has 1 heteroatoms. The van der Waals surface area contributed by atoms with Gasteiger partial charge in [-0.2, -0.15) is 0 Å². The van der Waals surface area contributed by atoms with Crippen molar-refractivity contribution in [1.29, 1.82) is 0 Å². The lowest BCUT2D eigenvalue weighted by molar-refractivity contribution is 0.966. The van der Waals surface area contributed by atoms with E-state index in [4.69, 9.17) is 0 Å². The lowest BCUT2D eigenvalue weighted by Crippen LogP contribution is -2.08. The van der Waals surface area contributed by atoms with Gasteiger partial charge in [0.05, 0.1) is 11.0 Å². The minimum absolute atomic E-state index is 0.0174. The van der Waals surface area contributed by atoms with Gasteiger partial charge in [0.25, 0.3) is 0 Å². The van der Waals surface area contributed by atoms with E-state index in [1.807, 2.05) is 0 Å². The van der Waals surface area contributed by atoms with E-state index in [0.717, 1.165) is 5.69 Å². The molecule has 1 aromatic heterocycles. The second-order valence-electron chi connectivity index (χ2n) is 16.4. The third-order valence-corrected chi connectivity index (χ3v) is 13.0. The minimum Gasteiger partial charge on any atom is -0.309 e. The molecule has 2 atom stereocenters. The Balaban J connectivity index is 1.15. The number of aromatic nitrogens is 1. The number of para-hydroxylation sites is 3. The van der Waals surface area contributed by atoms with Crippen molar-refractivity contribution < 1.29 is 0 Å². The largest absolute Gasteiger partial charge is 0.309 e. The predicted octanol–water partition coefficient (Wildman–Crippen LogP) is 15.8. The summed E-state index contributed by atoms with van der Waals surface area (Å²) in [5, 5.41) is 12.7. The Hall–Kier alpha value is -7.74. The highest BCUT2D eigenvalue weighted by atomic mass is 15.0. The molecule has 1 nitrogen and oxygen atoms in total. The van der Waals surface area contributed by atoms with Crippen LogP contribution < -0.4 is 0 Å². The Bertz CT molecular complexity index is 3360. The zero-order valence-corrected chi connectivity index (χ0v) is 33.6. The number of benzene rings is 11. The van der Waals surface area contributed by atoms with Gasteiger partial charge in [-0.1, -0.05) is 224 Å². The summed E-state index contributed by atoms with van der Waals surface area (Å²) in [5.74, 6) is -0.0348. The molecule has 12 aromatic rings. The molecule has 0 fully saturated rings. The summed E-state index contributed by atoms with van der Waals surface area (Å²) in [5.41, 5.74) is 11.3. The molecule has 286 valence electrons. The van der Waals surface area contributed by atoms with Gasteiger partial charge >= 0.3 is 0 Å². The van der Waals surface area contributed by atoms with Gasteiger partial charge in [-0.05, 0) is 88.6 Å². The quantitative estimate of drug-likeness (QED) is 0.112. The zero-order valence-electron chi connectivity index (χ0n) is 33.6. The van der Waals surface area contributed by atoms with Crippen molar-refractivity contribution in [3.05, 3.63) is 270 Å². The summed E-state index contributed by atoms with van der Waals surface area (Å²) >= 11 is 0. The Labute approximate surface area is 355 Å². The first kappa shape index (κ1) is 35.2. The summed E-state index contributed by atoms with van der Waals surface area (Å²) in [6.07, 6.45) is 0. The molecule has 0 radical (unpaired) electrons. The highest BCUT2D eigenvalue weighted by Gasteiger charge is 2.28. The summed E-state index contributed by atoms with van der Waals surface area (Å²) < 4.78 is 2.57. The maximum absolute atomic E-state index is 2.57. The van der Waals surface area contributed by atoms with Crippen LogP contribution in [0.1, 0.15) is 45.2 Å². The fourth-order valence-electron chi connectivity index (χ4n) is 10.3. The number of rotatable bonds is 7. The lowest BCUT2D eigenvalue weighted by Gasteiger charge is -2.24. The third-order valence-electron chi connectivity index (χ3n) is 13.0. The normalized spacial score (nSPS) is 12.8. The van der Waals surface area contributed by atoms with Crippen molar-refractivity contribution >= 4 is 64.9 Å². The van der Waals surface area contributed by atoms with Gasteiger partial charge in [0.15, 0.2) is 0 Å². The van der Waals surface area contributed by atoms with Gasteiger partial charge in [-0.25, -0.2) is 0 Å². The monoisotopic (exact) mass is 775 g/mol. The molecular weight excluding hydrogens is 735 g/mol. The second kappa shape index (κ2) is 14.5. The smallest absolute Gasteiger partial charge is 0.0582 e. The minimum atomic E-state index is -0.0174. The standard InChI is InChI=1S/C60H41N/c1-4-18-42(19-5-1)57(46-34-36-51-44(38-46)32-30-40-16-10-12-24-49(40)51)55-28-14-26-53-54-27-15-29-56(60(54)61(59(53)55)48-22-8-3-9-23-48)58(43-20-6-2-7-21-43)47-35-37-52-45(39-47)33-31-41-17-11-13-25-50(41)52/h1-39,57-58H. The molecule has 0 saturated carbocycles. The molecule has 0 bridgehead atoms. The van der Waals surface area contributed by atoms with E-state index in [2.05, 4.69) is 241 Å². The molecule has 1 heterocycles. The topological polar surface area (TPSA) is 4.93 Å². The molecule has 0 aliphatic rings. The van der Waals surface area contributed by atoms with Crippen LogP contribution in [0.2, 0.25) is 0 Å². The second-order valence-corrected chi connectivity index (χ2v) is 16.4. The van der Waals surface area contributed by atoms with Crippen LogP contribution in [0.5, 0.6) is 0 Å². The van der Waals surface area contributed by atoms with E-state index in [1.54, 1.807) is 0 Å². The van der Waals surface area contributed by atoms with E-state index in [0.29, 0.717) is 0 Å². The van der Waals surface area contributed by atoms with Crippen molar-refractivity contribution in [3.63, 3.8) is 0 Å². The van der Waals surface area contributed by atoms with Gasteiger partial charge in [0.2, 0.25) is 0 Å². The van der Waals surface area contributed by atoms with Gasteiger partial charge in [0.1, 0.15) is 0 Å². The average Bonchev–Trinajstić information content (AvgIpc) is 3.68. The molecule has 0 amide bonds. The Morgan fingerprint density at radius 1 is 0.246 bits per heavy atom. The van der Waals surface area contributed by atoms with E-state index in [9.17, 15) is 0 Å². The number of hydrogen-bond acceptors (Lipinski definition) is 0. The van der Waals surface area contributed by atoms with Gasteiger partial charge < -0.3 is 4.57 Å². The number of hydrogen-bond donors (Lipinski definition) is 0. The van der Waals surface area contributed by atoms with Crippen molar-refractivity contribution in [1.82, 2.24) is 4.57 Å². The number of fused-ring (bicyclic) bond motifs is 9. The Kier molecular flexibility index (Phi) is 8.38. The fourth-order valence-corrected chi connectivity index (χ4v) is 10.3. The molecule has 11 aromatic carbocycles. The van der Waals surface area contributed by atoms with Crippen LogP contribution in [0.25, 0.3) is 70.6 Å². The summed E-state index contributed by atoms with van der Waals surface area (Å²) in [4.78, 5) is 0. The maximum atomic E-state index is 2.57. The molecule has 0 aliphatic heterocycles. The first-order chi connectivity index (χ1) is 30.3. The molecule has 0 N–H and O–H groups in total. The summed E-state index contributed by atoms with van der Waals surface area (Å²) in [6, 6.07) is 87.8. The predicted molar refractivity (Wildman–Crippen MR) is 258 cm³/mol. The first-order valence-electron chi connectivity index (χ1n) is 21.3. The van der Waals surface area contributed by atoms with Gasteiger partial charge in [-0.15, -0.1) is 0 Å². The molecule has 2 unspecified atom stereocenters. The molecule has 61 heavy (non-hydrogen) atoms. The molecular formula is C60H41N. The lowest BCUT2D eigenvalue weighted by atomic mass is 9.83. The van der Waals surface area contributed by atoms with Crippen molar-refractivity contribution in [3.8, 4) is 5.69 Å². The van der Waals surface area contributed by atoms with Gasteiger partial charge in [0, 0.05) is 28.3 Å². The van der Waals surface area contributed by atoms with Crippen LogP contribution >= 0.6 is 0 Å². The van der Waals surface area contributed by atoms with Crippen molar-refractivity contribution in [2.24, 2.45) is 0 Å². The average molecular weight is 776 g/mol. The van der Waals surface area contributed by atoms with E-state index < -0.39 is 0 Å². The zero-order chi connectivity index (χ0) is 40.3. The van der Waals surface area contributed by atoms with E-state index in [1.165, 1.54) is 98.3 Å². The van der Waals surface area contributed by atoms with Crippen molar-refractivity contribution in [2.75, 3.05) is 0 Å². The van der Waals surface area contributed by atoms with Crippen molar-refractivity contribution in [2.45, 2.75) is 11.8 Å². The number of nitrogens with zero attached hydrogens (tertiary/aromatic N) is 1. The van der Waals surface area contributed by atoms with E-state index >= 15 is 0 Å². The Morgan fingerprint density at radius 3 is 1.10 bits per heavy atom. The maximum Gasteiger partial charge on any atom is 0.0582 e. The van der Waals surface area contributed by atoms with Crippen LogP contribution in [-0.4, -0.2) is 4.57 Å². The van der Waals surface area contributed by atoms with Crippen LogP contribution in [0.15, 0.2) is 237 Å². The summed E-state index contributed by atoms with van der Waals surface area (Å²) in [7, 11) is 0. The fraction of sp³-hybridized carbons (Fsp3) is 0.0333. The molecule has 0 spiro atoms. The van der Waals surface area contributed by atoms with Crippen LogP contribution in [0, 0.1) is 0 Å². The van der Waals surface area contributed by atoms with Crippen LogP contribution in [0.4, 0.5) is 0 Å². The highest BCUT2D eigenvalue weighted by molar-refractivity contribution is 6.13. The first-order valence-corrected chi connectivity index (χ1v) is 21.3. The molecule has 12 rings (SSSR count). The Morgan fingerprint density at radius 2 is 0.623 bits per heavy atom. The summed E-state index contributed by atoms with van der Waals surface area (Å²) in [6.45, 7) is 0. The van der Waals surface area contributed by atoms with Crippen LogP contribution in [-0.2, 0) is 0 Å². The highest BCUT2D eigenvalue weighted by Crippen LogP contribution is 2.46. The SMILES string of the molecule is c1ccc(C(c2ccc3c(ccc4ccccc43)c2)c2cccc3c4cccc(C(c5ccccc5)c5ccc6c(ccc7ccccc76)c5)c4n(-c4ccccc4)c23)cc1. The third kappa shape index (κ3) is 5.85. The van der Waals surface area contributed by atoms with E-state index in [-0.39, 0.29) is 11.8 Å².